The Hall–Kier alpha value is -1.69. The van der Waals surface area contributed by atoms with E-state index in [1.807, 2.05) is 0 Å². The Labute approximate surface area is 91.8 Å². The van der Waals surface area contributed by atoms with E-state index in [0.717, 1.165) is 25.6 Å². The summed E-state index contributed by atoms with van der Waals surface area (Å²) in [5, 5.41) is 16.7. The SMILES string of the molecule is O=[N+]([O-])c1ccc(NC2CCNC2)cc1F. The molecule has 86 valence electrons. The molecule has 1 aromatic carbocycles. The van der Waals surface area contributed by atoms with E-state index < -0.39 is 16.4 Å². The van der Waals surface area contributed by atoms with Crippen molar-refractivity contribution < 1.29 is 9.31 Å². The molecule has 0 aromatic heterocycles. The second-order valence-corrected chi connectivity index (χ2v) is 3.76. The van der Waals surface area contributed by atoms with Crippen LogP contribution >= 0.6 is 0 Å². The number of nitro groups is 1. The zero-order valence-corrected chi connectivity index (χ0v) is 8.57. The van der Waals surface area contributed by atoms with Crippen LogP contribution < -0.4 is 10.6 Å². The first-order valence-electron chi connectivity index (χ1n) is 5.08. The van der Waals surface area contributed by atoms with Crippen molar-refractivity contribution in [3.05, 3.63) is 34.1 Å². The molecule has 16 heavy (non-hydrogen) atoms. The highest BCUT2D eigenvalue weighted by Gasteiger charge is 2.17. The van der Waals surface area contributed by atoms with Crippen LogP contribution in [0, 0.1) is 15.9 Å². The van der Waals surface area contributed by atoms with E-state index in [2.05, 4.69) is 10.6 Å². The summed E-state index contributed by atoms with van der Waals surface area (Å²) >= 11 is 0. The van der Waals surface area contributed by atoms with Crippen LogP contribution in [0.1, 0.15) is 6.42 Å². The fraction of sp³-hybridized carbons (Fsp3) is 0.400. The largest absolute Gasteiger partial charge is 0.381 e. The molecule has 1 unspecified atom stereocenters. The number of halogens is 1. The summed E-state index contributed by atoms with van der Waals surface area (Å²) in [6.07, 6.45) is 0.971. The van der Waals surface area contributed by atoms with Gasteiger partial charge in [0.2, 0.25) is 5.82 Å². The molecule has 0 spiro atoms. The molecule has 2 rings (SSSR count). The first kappa shape index (κ1) is 10.8. The van der Waals surface area contributed by atoms with Crippen molar-refractivity contribution in [3.8, 4) is 0 Å². The molecule has 0 amide bonds. The summed E-state index contributed by atoms with van der Waals surface area (Å²) in [6.45, 7) is 1.77. The van der Waals surface area contributed by atoms with E-state index in [9.17, 15) is 14.5 Å². The molecule has 5 nitrogen and oxygen atoms in total. The van der Waals surface area contributed by atoms with Gasteiger partial charge >= 0.3 is 5.69 Å². The van der Waals surface area contributed by atoms with Crippen LogP contribution in [0.3, 0.4) is 0 Å². The van der Waals surface area contributed by atoms with Crippen molar-refractivity contribution in [2.75, 3.05) is 18.4 Å². The van der Waals surface area contributed by atoms with Crippen molar-refractivity contribution in [2.45, 2.75) is 12.5 Å². The number of nitrogens with zero attached hydrogens (tertiary/aromatic N) is 1. The lowest BCUT2D eigenvalue weighted by Gasteiger charge is -2.12. The van der Waals surface area contributed by atoms with Gasteiger partial charge in [-0.15, -0.1) is 0 Å². The number of benzene rings is 1. The second-order valence-electron chi connectivity index (χ2n) is 3.76. The van der Waals surface area contributed by atoms with Crippen molar-refractivity contribution >= 4 is 11.4 Å². The molecular weight excluding hydrogens is 213 g/mol. The smallest absolute Gasteiger partial charge is 0.304 e. The average molecular weight is 225 g/mol. The lowest BCUT2D eigenvalue weighted by molar-refractivity contribution is -0.387. The van der Waals surface area contributed by atoms with E-state index in [4.69, 9.17) is 0 Å². The summed E-state index contributed by atoms with van der Waals surface area (Å²) < 4.78 is 13.3. The Kier molecular flexibility index (Phi) is 3.00. The average Bonchev–Trinajstić information content (AvgIpc) is 2.70. The van der Waals surface area contributed by atoms with Gasteiger partial charge < -0.3 is 10.6 Å². The Balaban J connectivity index is 2.11. The molecular formula is C10H12FN3O2. The summed E-state index contributed by atoms with van der Waals surface area (Å²) in [5.74, 6) is -0.805. The molecule has 0 bridgehead atoms. The molecule has 1 aromatic rings. The minimum atomic E-state index is -0.805. The summed E-state index contributed by atoms with van der Waals surface area (Å²) in [6, 6.07) is 4.14. The fourth-order valence-electron chi connectivity index (χ4n) is 1.76. The van der Waals surface area contributed by atoms with Crippen LogP contribution in [-0.2, 0) is 0 Å². The highest BCUT2D eigenvalue weighted by Crippen LogP contribution is 2.21. The van der Waals surface area contributed by atoms with Crippen LogP contribution in [0.5, 0.6) is 0 Å². The van der Waals surface area contributed by atoms with Gasteiger partial charge in [0.25, 0.3) is 0 Å². The van der Waals surface area contributed by atoms with E-state index in [1.165, 1.54) is 12.1 Å². The van der Waals surface area contributed by atoms with Gasteiger partial charge in [0, 0.05) is 30.4 Å². The molecule has 1 heterocycles. The van der Waals surface area contributed by atoms with E-state index in [-0.39, 0.29) is 6.04 Å². The minimum Gasteiger partial charge on any atom is -0.381 e. The van der Waals surface area contributed by atoms with Gasteiger partial charge in [-0.25, -0.2) is 0 Å². The highest BCUT2D eigenvalue weighted by molar-refractivity contribution is 5.50. The zero-order chi connectivity index (χ0) is 11.5. The van der Waals surface area contributed by atoms with Crippen LogP contribution in [0.15, 0.2) is 18.2 Å². The van der Waals surface area contributed by atoms with Gasteiger partial charge in [-0.2, -0.15) is 4.39 Å². The number of nitro benzene ring substituents is 1. The third-order valence-corrected chi connectivity index (χ3v) is 2.58. The molecule has 1 aliphatic heterocycles. The number of anilines is 1. The monoisotopic (exact) mass is 225 g/mol. The Bertz CT molecular complexity index is 405. The first-order chi connectivity index (χ1) is 7.66. The Morgan fingerprint density at radius 3 is 2.94 bits per heavy atom. The predicted molar refractivity (Wildman–Crippen MR) is 58.0 cm³/mol. The normalized spacial score (nSPS) is 19.7. The zero-order valence-electron chi connectivity index (χ0n) is 8.57. The third kappa shape index (κ3) is 2.27. The molecule has 6 heteroatoms. The van der Waals surface area contributed by atoms with E-state index >= 15 is 0 Å². The molecule has 1 atom stereocenters. The number of hydrogen-bond donors (Lipinski definition) is 2. The first-order valence-corrected chi connectivity index (χ1v) is 5.08. The number of nitrogens with one attached hydrogen (secondary N) is 2. The van der Waals surface area contributed by atoms with Gasteiger partial charge in [0.05, 0.1) is 4.92 Å². The minimum absolute atomic E-state index is 0.265. The Morgan fingerprint density at radius 2 is 2.38 bits per heavy atom. The van der Waals surface area contributed by atoms with E-state index in [1.54, 1.807) is 0 Å². The Morgan fingerprint density at radius 1 is 1.56 bits per heavy atom. The molecule has 0 radical (unpaired) electrons. The van der Waals surface area contributed by atoms with Crippen LogP contribution in [-0.4, -0.2) is 24.1 Å². The van der Waals surface area contributed by atoms with Crippen LogP contribution in [0.4, 0.5) is 15.8 Å². The maximum atomic E-state index is 13.3. The standard InChI is InChI=1S/C10H12FN3O2/c11-9-5-7(1-2-10(9)14(15)16)13-8-3-4-12-6-8/h1-2,5,8,12-13H,3-4,6H2. The lowest BCUT2D eigenvalue weighted by Crippen LogP contribution is -2.22. The highest BCUT2D eigenvalue weighted by atomic mass is 19.1. The lowest BCUT2D eigenvalue weighted by atomic mass is 10.2. The molecule has 1 saturated heterocycles. The van der Waals surface area contributed by atoms with Gasteiger partial charge in [-0.3, -0.25) is 10.1 Å². The second kappa shape index (κ2) is 4.44. The van der Waals surface area contributed by atoms with Gasteiger partial charge in [-0.1, -0.05) is 0 Å². The maximum absolute atomic E-state index is 13.3. The number of rotatable bonds is 3. The summed E-state index contributed by atoms with van der Waals surface area (Å²) in [7, 11) is 0. The third-order valence-electron chi connectivity index (χ3n) is 2.58. The summed E-state index contributed by atoms with van der Waals surface area (Å²) in [5.41, 5.74) is 0.0897. The number of hydrogen-bond acceptors (Lipinski definition) is 4. The molecule has 0 saturated carbocycles. The predicted octanol–water partition coefficient (Wildman–Crippen LogP) is 1.51. The van der Waals surface area contributed by atoms with Crippen molar-refractivity contribution in [1.29, 1.82) is 0 Å². The van der Waals surface area contributed by atoms with E-state index in [0.29, 0.717) is 5.69 Å². The van der Waals surface area contributed by atoms with Gasteiger partial charge in [-0.05, 0) is 19.0 Å². The molecule has 0 aliphatic carbocycles. The molecule has 2 N–H and O–H groups in total. The quantitative estimate of drug-likeness (QED) is 0.604. The van der Waals surface area contributed by atoms with Crippen LogP contribution in [0.25, 0.3) is 0 Å². The fourth-order valence-corrected chi connectivity index (χ4v) is 1.76. The van der Waals surface area contributed by atoms with Crippen molar-refractivity contribution in [1.82, 2.24) is 5.32 Å². The van der Waals surface area contributed by atoms with Crippen molar-refractivity contribution in [2.24, 2.45) is 0 Å². The van der Waals surface area contributed by atoms with Gasteiger partial charge in [0.15, 0.2) is 0 Å². The molecule has 1 fully saturated rings. The topological polar surface area (TPSA) is 67.2 Å². The maximum Gasteiger partial charge on any atom is 0.304 e. The van der Waals surface area contributed by atoms with Gasteiger partial charge in [0.1, 0.15) is 0 Å². The van der Waals surface area contributed by atoms with Crippen LogP contribution in [0.2, 0.25) is 0 Å². The van der Waals surface area contributed by atoms with Crippen molar-refractivity contribution in [3.63, 3.8) is 0 Å². The molecule has 1 aliphatic rings. The summed E-state index contributed by atoms with van der Waals surface area (Å²) in [4.78, 5) is 9.69.